The van der Waals surface area contributed by atoms with Gasteiger partial charge in [-0.3, -0.25) is 0 Å². The van der Waals surface area contributed by atoms with Crippen molar-refractivity contribution in [2.24, 2.45) is 39.5 Å². The minimum absolute atomic E-state index is 0.0933. The van der Waals surface area contributed by atoms with Crippen LogP contribution in [0.3, 0.4) is 0 Å². The van der Waals surface area contributed by atoms with Crippen LogP contribution in [0.2, 0.25) is 0 Å². The van der Waals surface area contributed by atoms with Crippen molar-refractivity contribution < 1.29 is 14.4 Å². The van der Waals surface area contributed by atoms with Crippen LogP contribution in [0.15, 0.2) is 27.4 Å². The van der Waals surface area contributed by atoms with Crippen molar-refractivity contribution in [3.05, 3.63) is 29.5 Å². The largest absolute Gasteiger partial charge is 0.444 e. The summed E-state index contributed by atoms with van der Waals surface area (Å²) in [5, 5.41) is 15.1. The van der Waals surface area contributed by atoms with Gasteiger partial charge < -0.3 is 20.1 Å². The monoisotopic (exact) mass is 427 g/mol. The summed E-state index contributed by atoms with van der Waals surface area (Å²) < 4.78 is 5.51. The van der Waals surface area contributed by atoms with E-state index in [1.807, 2.05) is 0 Å². The van der Waals surface area contributed by atoms with Gasteiger partial charge in [-0.1, -0.05) is 24.6 Å². The highest BCUT2D eigenvalue weighted by Crippen LogP contribution is 2.65. The fourth-order valence-corrected chi connectivity index (χ4v) is 7.45. The number of hydrogen-bond donors (Lipinski definition) is 2. The zero-order chi connectivity index (χ0) is 21.6. The van der Waals surface area contributed by atoms with Gasteiger partial charge in [0.2, 0.25) is 5.89 Å². The van der Waals surface area contributed by atoms with Crippen LogP contribution in [-0.2, 0) is 17.8 Å². The van der Waals surface area contributed by atoms with Crippen molar-refractivity contribution in [3.8, 4) is 0 Å². The zero-order valence-electron chi connectivity index (χ0n) is 19.0. The topological polar surface area (TPSA) is 93.9 Å². The van der Waals surface area contributed by atoms with Crippen LogP contribution in [0.5, 0.6) is 0 Å². The van der Waals surface area contributed by atoms with Gasteiger partial charge in [0, 0.05) is 6.42 Å². The quantitative estimate of drug-likeness (QED) is 0.537. The first-order valence-electron chi connectivity index (χ1n) is 12.2. The molecule has 6 unspecified atom stereocenters. The maximum atomic E-state index is 10.6. The van der Waals surface area contributed by atoms with E-state index in [2.05, 4.69) is 30.1 Å². The summed E-state index contributed by atoms with van der Waals surface area (Å²) in [6.07, 6.45) is 13.8. The molecule has 31 heavy (non-hydrogen) atoms. The number of nitrogens with two attached hydrogens (primary N) is 1. The van der Waals surface area contributed by atoms with Crippen LogP contribution in [0.1, 0.15) is 76.9 Å². The predicted molar refractivity (Wildman–Crippen MR) is 119 cm³/mol. The van der Waals surface area contributed by atoms with Crippen LogP contribution in [0.25, 0.3) is 0 Å². The van der Waals surface area contributed by atoms with Crippen molar-refractivity contribution in [2.45, 2.75) is 84.3 Å². The molecule has 6 atom stereocenters. The Kier molecular flexibility index (Phi) is 5.50. The Morgan fingerprint density at radius 2 is 2.06 bits per heavy atom. The van der Waals surface area contributed by atoms with Gasteiger partial charge in [0.05, 0.1) is 24.6 Å². The Morgan fingerprint density at radius 1 is 1.19 bits per heavy atom. The smallest absolute Gasteiger partial charge is 0.208 e. The van der Waals surface area contributed by atoms with E-state index in [-0.39, 0.29) is 16.9 Å². The molecular weight excluding hydrogens is 390 g/mol. The van der Waals surface area contributed by atoms with Crippen molar-refractivity contribution in [2.75, 3.05) is 6.61 Å². The van der Waals surface area contributed by atoms with Crippen LogP contribution >= 0.6 is 0 Å². The molecule has 1 aromatic heterocycles. The molecule has 0 spiro atoms. The molecule has 0 aliphatic heterocycles. The van der Waals surface area contributed by atoms with E-state index in [0.29, 0.717) is 31.4 Å². The van der Waals surface area contributed by atoms with E-state index in [9.17, 15) is 5.11 Å². The first-order valence-corrected chi connectivity index (χ1v) is 12.2. The van der Waals surface area contributed by atoms with Gasteiger partial charge in [-0.2, -0.15) is 0 Å². The van der Waals surface area contributed by atoms with E-state index in [1.165, 1.54) is 32.1 Å². The number of hydrogen-bond acceptors (Lipinski definition) is 6. The van der Waals surface area contributed by atoms with Crippen molar-refractivity contribution in [1.82, 2.24) is 4.98 Å². The lowest BCUT2D eigenvalue weighted by molar-refractivity contribution is -0.0722. The molecule has 0 aromatic carbocycles. The van der Waals surface area contributed by atoms with E-state index in [1.54, 1.807) is 11.8 Å². The molecule has 4 aliphatic rings. The molecule has 0 radical (unpaired) electrons. The molecular formula is C25H37N3O3. The van der Waals surface area contributed by atoms with Crippen molar-refractivity contribution in [3.63, 3.8) is 0 Å². The molecule has 170 valence electrons. The summed E-state index contributed by atoms with van der Waals surface area (Å²) in [7, 11) is 0. The van der Waals surface area contributed by atoms with Crippen molar-refractivity contribution in [1.29, 1.82) is 0 Å². The van der Waals surface area contributed by atoms with Crippen molar-refractivity contribution >= 4 is 5.71 Å². The number of fused-ring (bicyclic) bond motifs is 5. The summed E-state index contributed by atoms with van der Waals surface area (Å²) in [4.78, 5) is 9.73. The molecule has 5 rings (SSSR count). The third-order valence-electron chi connectivity index (χ3n) is 9.32. The molecule has 3 N–H and O–H groups in total. The van der Waals surface area contributed by atoms with Crippen LogP contribution in [-0.4, -0.2) is 28.5 Å². The Labute approximate surface area is 185 Å². The number of aliphatic hydroxyl groups is 1. The second kappa shape index (κ2) is 8.04. The summed E-state index contributed by atoms with van der Waals surface area (Å²) >= 11 is 0. The second-order valence-corrected chi connectivity index (χ2v) is 10.7. The Hall–Kier alpha value is -1.66. The standard InChI is InChI=1S/C25H37N3O3/c1-24-10-7-17(28-30-12-9-18-15-27-23(14-26)31-18)13-16(24)3-4-19-20-5-6-22(29)25(20,2)11-8-21(19)24/h13,15,19-22,29H,3-12,14,26H2,1-2H3. The molecule has 3 fully saturated rings. The van der Waals surface area contributed by atoms with E-state index < -0.39 is 0 Å². The van der Waals surface area contributed by atoms with Gasteiger partial charge in [-0.15, -0.1) is 0 Å². The van der Waals surface area contributed by atoms with Gasteiger partial charge in [0.1, 0.15) is 12.4 Å². The number of aromatic nitrogens is 1. The average molecular weight is 428 g/mol. The van der Waals surface area contributed by atoms with Gasteiger partial charge in [-0.25, -0.2) is 4.98 Å². The summed E-state index contributed by atoms with van der Waals surface area (Å²) in [5.41, 5.74) is 8.62. The first kappa shape index (κ1) is 21.2. The highest BCUT2D eigenvalue weighted by molar-refractivity contribution is 5.96. The minimum atomic E-state index is -0.0933. The molecule has 6 heteroatoms. The lowest BCUT2D eigenvalue weighted by atomic mass is 9.47. The highest BCUT2D eigenvalue weighted by Gasteiger charge is 2.58. The SMILES string of the molecule is CC12CCC(=NOCCc3cnc(CN)o3)C=C1CCC1C2CCC2(C)C(O)CCC12. The van der Waals surface area contributed by atoms with E-state index in [0.717, 1.165) is 42.6 Å². The maximum Gasteiger partial charge on any atom is 0.208 e. The molecule has 0 saturated heterocycles. The van der Waals surface area contributed by atoms with E-state index in [4.69, 9.17) is 15.0 Å². The fraction of sp³-hybridized carbons (Fsp3) is 0.760. The Balaban J connectivity index is 1.24. The third kappa shape index (κ3) is 3.56. The highest BCUT2D eigenvalue weighted by atomic mass is 16.6. The lowest BCUT2D eigenvalue weighted by Crippen LogP contribution is -2.51. The number of nitrogens with zero attached hydrogens (tertiary/aromatic N) is 2. The third-order valence-corrected chi connectivity index (χ3v) is 9.32. The number of rotatable bonds is 5. The molecule has 6 nitrogen and oxygen atoms in total. The average Bonchev–Trinajstić information content (AvgIpc) is 3.35. The fourth-order valence-electron chi connectivity index (χ4n) is 7.45. The van der Waals surface area contributed by atoms with Gasteiger partial charge >= 0.3 is 0 Å². The second-order valence-electron chi connectivity index (χ2n) is 10.7. The summed E-state index contributed by atoms with van der Waals surface area (Å²) in [6, 6.07) is 0. The Bertz CT molecular complexity index is 877. The number of oxazole rings is 1. The van der Waals surface area contributed by atoms with Crippen LogP contribution < -0.4 is 5.73 Å². The van der Waals surface area contributed by atoms with Crippen LogP contribution in [0.4, 0.5) is 0 Å². The molecule has 0 amide bonds. The first-order chi connectivity index (χ1) is 14.9. The molecule has 4 aliphatic carbocycles. The molecule has 1 heterocycles. The molecule has 1 aromatic rings. The minimum Gasteiger partial charge on any atom is -0.444 e. The van der Waals surface area contributed by atoms with Gasteiger partial charge in [0.15, 0.2) is 0 Å². The summed E-state index contributed by atoms with van der Waals surface area (Å²) in [5.74, 6) is 3.57. The molecule has 3 saturated carbocycles. The molecule has 0 bridgehead atoms. The number of allylic oxidation sites excluding steroid dienone is 2. The lowest BCUT2D eigenvalue weighted by Gasteiger charge is -2.57. The zero-order valence-corrected chi connectivity index (χ0v) is 19.0. The van der Waals surface area contributed by atoms with Crippen LogP contribution in [0, 0.1) is 28.6 Å². The number of aliphatic hydroxyl groups excluding tert-OH is 1. The summed E-state index contributed by atoms with van der Waals surface area (Å²) in [6.45, 7) is 5.66. The predicted octanol–water partition coefficient (Wildman–Crippen LogP) is 4.37. The van der Waals surface area contributed by atoms with E-state index >= 15 is 0 Å². The Morgan fingerprint density at radius 3 is 2.87 bits per heavy atom. The number of oxime groups is 1. The van der Waals surface area contributed by atoms with Gasteiger partial charge in [0.25, 0.3) is 0 Å². The normalized spacial score (nSPS) is 40.8. The van der Waals surface area contributed by atoms with Gasteiger partial charge in [-0.05, 0) is 86.0 Å². The maximum absolute atomic E-state index is 10.6.